The maximum Gasteiger partial charge on any atom is 0.234 e. The van der Waals surface area contributed by atoms with E-state index in [9.17, 15) is 9.18 Å². The van der Waals surface area contributed by atoms with Crippen molar-refractivity contribution in [1.82, 2.24) is 0 Å². The van der Waals surface area contributed by atoms with E-state index in [1.807, 2.05) is 0 Å². The minimum atomic E-state index is -0.333. The summed E-state index contributed by atoms with van der Waals surface area (Å²) in [7, 11) is 0. The van der Waals surface area contributed by atoms with Crippen LogP contribution < -0.4 is 5.32 Å². The molecule has 0 fully saturated rings. The van der Waals surface area contributed by atoms with Crippen molar-refractivity contribution in [2.75, 3.05) is 23.4 Å². The molecule has 0 atom stereocenters. The number of aliphatic hydroxyl groups excluding tert-OH is 1. The van der Waals surface area contributed by atoms with Gasteiger partial charge >= 0.3 is 0 Å². The van der Waals surface area contributed by atoms with E-state index in [1.54, 1.807) is 19.1 Å². The number of carbonyl (C=O) groups is 1. The Bertz CT molecular complexity index is 371. The molecule has 0 saturated carbocycles. The van der Waals surface area contributed by atoms with Gasteiger partial charge in [0.2, 0.25) is 5.91 Å². The molecule has 1 aromatic rings. The topological polar surface area (TPSA) is 49.3 Å². The van der Waals surface area contributed by atoms with Crippen molar-refractivity contribution in [3.05, 3.63) is 29.6 Å². The summed E-state index contributed by atoms with van der Waals surface area (Å²) >= 11 is 1.33. The molecule has 3 nitrogen and oxygen atoms in total. The molecule has 1 rings (SSSR count). The Kier molecular flexibility index (Phi) is 5.28. The second-order valence-electron chi connectivity index (χ2n) is 3.24. The van der Waals surface area contributed by atoms with Crippen molar-refractivity contribution in [3.8, 4) is 0 Å². The predicted molar refractivity (Wildman–Crippen MR) is 64.2 cm³/mol. The molecule has 16 heavy (non-hydrogen) atoms. The fraction of sp³-hybridized carbons (Fsp3) is 0.364. The molecular weight excluding hydrogens is 229 g/mol. The van der Waals surface area contributed by atoms with E-state index in [0.29, 0.717) is 17.0 Å². The molecule has 0 aliphatic carbocycles. The summed E-state index contributed by atoms with van der Waals surface area (Å²) in [6.07, 6.45) is 0. The smallest absolute Gasteiger partial charge is 0.234 e. The standard InChI is InChI=1S/C11H14FNO2S/c1-8-9(12)3-2-4-10(8)13-11(15)7-16-6-5-14/h2-4,14H,5-7H2,1H3,(H,13,15). The summed E-state index contributed by atoms with van der Waals surface area (Å²) in [6, 6.07) is 4.57. The van der Waals surface area contributed by atoms with Gasteiger partial charge in [-0.3, -0.25) is 4.79 Å². The number of hydrogen-bond donors (Lipinski definition) is 2. The highest BCUT2D eigenvalue weighted by molar-refractivity contribution is 7.99. The summed E-state index contributed by atoms with van der Waals surface area (Å²) in [5.41, 5.74) is 0.928. The van der Waals surface area contributed by atoms with Gasteiger partial charge in [-0.25, -0.2) is 4.39 Å². The van der Waals surface area contributed by atoms with Crippen LogP contribution in [0, 0.1) is 12.7 Å². The van der Waals surface area contributed by atoms with Crippen LogP contribution in [0.4, 0.5) is 10.1 Å². The highest BCUT2D eigenvalue weighted by atomic mass is 32.2. The fourth-order valence-corrected chi connectivity index (χ4v) is 1.69. The van der Waals surface area contributed by atoms with Crippen molar-refractivity contribution in [3.63, 3.8) is 0 Å². The van der Waals surface area contributed by atoms with E-state index in [1.165, 1.54) is 17.8 Å². The van der Waals surface area contributed by atoms with Crippen molar-refractivity contribution >= 4 is 23.4 Å². The van der Waals surface area contributed by atoms with Gasteiger partial charge in [-0.15, -0.1) is 11.8 Å². The van der Waals surface area contributed by atoms with Crippen LogP contribution >= 0.6 is 11.8 Å². The Morgan fingerprint density at radius 3 is 3.00 bits per heavy atom. The molecule has 0 radical (unpaired) electrons. The molecule has 0 aliphatic rings. The average molecular weight is 243 g/mol. The number of anilines is 1. The number of thioether (sulfide) groups is 1. The molecule has 0 spiro atoms. The zero-order chi connectivity index (χ0) is 12.0. The Balaban J connectivity index is 2.53. The molecule has 0 bridgehead atoms. The van der Waals surface area contributed by atoms with Gasteiger partial charge in [-0.05, 0) is 19.1 Å². The Hall–Kier alpha value is -1.07. The second kappa shape index (κ2) is 6.50. The number of halogens is 1. The largest absolute Gasteiger partial charge is 0.396 e. The minimum absolute atomic E-state index is 0.0525. The number of benzene rings is 1. The highest BCUT2D eigenvalue weighted by Crippen LogP contribution is 2.17. The molecule has 5 heteroatoms. The molecule has 0 aliphatic heterocycles. The third-order valence-electron chi connectivity index (χ3n) is 2.01. The first-order valence-electron chi connectivity index (χ1n) is 4.88. The van der Waals surface area contributed by atoms with Gasteiger partial charge in [0.1, 0.15) is 5.82 Å². The van der Waals surface area contributed by atoms with Crippen molar-refractivity contribution in [2.45, 2.75) is 6.92 Å². The number of carbonyl (C=O) groups excluding carboxylic acids is 1. The van der Waals surface area contributed by atoms with Crippen molar-refractivity contribution in [2.24, 2.45) is 0 Å². The van der Waals surface area contributed by atoms with Crippen LogP contribution in [0.3, 0.4) is 0 Å². The van der Waals surface area contributed by atoms with Crippen molar-refractivity contribution in [1.29, 1.82) is 0 Å². The molecule has 1 aromatic carbocycles. The molecule has 0 heterocycles. The van der Waals surface area contributed by atoms with Gasteiger partial charge in [-0.1, -0.05) is 6.07 Å². The predicted octanol–water partition coefficient (Wildman–Crippen LogP) is 1.80. The zero-order valence-corrected chi connectivity index (χ0v) is 9.81. The molecule has 0 unspecified atom stereocenters. The SMILES string of the molecule is Cc1c(F)cccc1NC(=O)CSCCO. The van der Waals surface area contributed by atoms with Gasteiger partial charge in [0.15, 0.2) is 0 Å². The van der Waals surface area contributed by atoms with E-state index < -0.39 is 0 Å². The third kappa shape index (κ3) is 3.83. The lowest BCUT2D eigenvalue weighted by Gasteiger charge is -2.08. The van der Waals surface area contributed by atoms with Gasteiger partial charge in [0.05, 0.1) is 12.4 Å². The van der Waals surface area contributed by atoms with Crippen LogP contribution in [-0.2, 0) is 4.79 Å². The van der Waals surface area contributed by atoms with Crippen LogP contribution in [0.5, 0.6) is 0 Å². The van der Waals surface area contributed by atoms with Gasteiger partial charge in [0.25, 0.3) is 0 Å². The van der Waals surface area contributed by atoms with Crippen LogP contribution in [0.1, 0.15) is 5.56 Å². The molecule has 1 amide bonds. The molecular formula is C11H14FNO2S. The molecule has 2 N–H and O–H groups in total. The number of rotatable bonds is 5. The Morgan fingerprint density at radius 2 is 2.31 bits per heavy atom. The van der Waals surface area contributed by atoms with Gasteiger partial charge < -0.3 is 10.4 Å². The molecule has 0 saturated heterocycles. The number of hydrogen-bond acceptors (Lipinski definition) is 3. The first kappa shape index (κ1) is 13.0. The second-order valence-corrected chi connectivity index (χ2v) is 4.34. The lowest BCUT2D eigenvalue weighted by atomic mass is 10.2. The van der Waals surface area contributed by atoms with Crippen molar-refractivity contribution < 1.29 is 14.3 Å². The molecule has 88 valence electrons. The van der Waals surface area contributed by atoms with E-state index >= 15 is 0 Å². The van der Waals surface area contributed by atoms with Gasteiger partial charge in [-0.2, -0.15) is 0 Å². The van der Waals surface area contributed by atoms with E-state index in [4.69, 9.17) is 5.11 Å². The van der Waals surface area contributed by atoms with Crippen LogP contribution in [0.15, 0.2) is 18.2 Å². The van der Waals surface area contributed by atoms with E-state index in [0.717, 1.165) is 0 Å². The van der Waals surface area contributed by atoms with Crippen LogP contribution in [0.2, 0.25) is 0 Å². The summed E-state index contributed by atoms with van der Waals surface area (Å²) < 4.78 is 13.1. The fourth-order valence-electron chi connectivity index (χ4n) is 1.16. The van der Waals surface area contributed by atoms with E-state index in [2.05, 4.69) is 5.32 Å². The lowest BCUT2D eigenvalue weighted by molar-refractivity contribution is -0.113. The normalized spacial score (nSPS) is 10.2. The monoisotopic (exact) mass is 243 g/mol. The maximum absolute atomic E-state index is 13.1. The van der Waals surface area contributed by atoms with Crippen LogP contribution in [0.25, 0.3) is 0 Å². The number of aliphatic hydroxyl groups is 1. The minimum Gasteiger partial charge on any atom is -0.396 e. The lowest BCUT2D eigenvalue weighted by Crippen LogP contribution is -2.15. The Morgan fingerprint density at radius 1 is 1.56 bits per heavy atom. The zero-order valence-electron chi connectivity index (χ0n) is 9.00. The number of nitrogens with one attached hydrogen (secondary N) is 1. The number of amides is 1. The third-order valence-corrected chi connectivity index (χ3v) is 2.95. The first-order valence-corrected chi connectivity index (χ1v) is 6.04. The quantitative estimate of drug-likeness (QED) is 0.775. The maximum atomic E-state index is 13.1. The van der Waals surface area contributed by atoms with Gasteiger partial charge in [0, 0.05) is 17.0 Å². The average Bonchev–Trinajstić information content (AvgIpc) is 2.25. The summed E-state index contributed by atoms with van der Waals surface area (Å²) in [5, 5.41) is 11.2. The summed E-state index contributed by atoms with van der Waals surface area (Å²) in [6.45, 7) is 1.67. The first-order chi connectivity index (χ1) is 7.65. The highest BCUT2D eigenvalue weighted by Gasteiger charge is 2.07. The van der Waals surface area contributed by atoms with Crippen LogP contribution in [-0.4, -0.2) is 29.1 Å². The van der Waals surface area contributed by atoms with E-state index in [-0.39, 0.29) is 24.1 Å². The Labute approximate surface area is 98.1 Å². The summed E-state index contributed by atoms with van der Waals surface area (Å²) in [4.78, 5) is 11.4. The molecule has 0 aromatic heterocycles. The summed E-state index contributed by atoms with van der Waals surface area (Å²) in [5.74, 6) is 0.263.